The van der Waals surface area contributed by atoms with E-state index in [1.54, 1.807) is 0 Å². The summed E-state index contributed by atoms with van der Waals surface area (Å²) in [6.07, 6.45) is 3.75. The highest BCUT2D eigenvalue weighted by Crippen LogP contribution is 2.29. The van der Waals surface area contributed by atoms with Crippen LogP contribution in [0.15, 0.2) is 0 Å². The van der Waals surface area contributed by atoms with Gasteiger partial charge in [0.1, 0.15) is 0 Å². The topological polar surface area (TPSA) is 49.8 Å². The summed E-state index contributed by atoms with van der Waals surface area (Å²) in [7, 11) is 0. The van der Waals surface area contributed by atoms with Crippen LogP contribution in [0.5, 0.6) is 0 Å². The van der Waals surface area contributed by atoms with Crippen molar-refractivity contribution in [1.82, 2.24) is 4.90 Å². The minimum atomic E-state index is -0.682. The van der Waals surface area contributed by atoms with Crippen molar-refractivity contribution in [3.63, 3.8) is 0 Å². The normalized spacial score (nSPS) is 37.3. The van der Waals surface area contributed by atoms with Gasteiger partial charge in [0.05, 0.1) is 12.5 Å². The van der Waals surface area contributed by atoms with Gasteiger partial charge in [0, 0.05) is 18.7 Å². The fourth-order valence-electron chi connectivity index (χ4n) is 2.87. The Balaban J connectivity index is 1.97. The molecule has 3 atom stereocenters. The first kappa shape index (κ1) is 10.9. The summed E-state index contributed by atoms with van der Waals surface area (Å²) >= 11 is 0. The Morgan fingerprint density at radius 2 is 2.33 bits per heavy atom. The highest BCUT2D eigenvalue weighted by Gasteiger charge is 2.37. The van der Waals surface area contributed by atoms with E-state index in [1.807, 2.05) is 0 Å². The number of hydrogen-bond donors (Lipinski definition) is 1. The fourth-order valence-corrected chi connectivity index (χ4v) is 2.87. The van der Waals surface area contributed by atoms with Crippen molar-refractivity contribution in [2.45, 2.75) is 50.8 Å². The molecule has 0 aromatic carbocycles. The van der Waals surface area contributed by atoms with Crippen molar-refractivity contribution < 1.29 is 14.6 Å². The van der Waals surface area contributed by atoms with Crippen LogP contribution < -0.4 is 0 Å². The van der Waals surface area contributed by atoms with Crippen LogP contribution in [0, 0.1) is 0 Å². The smallest absolute Gasteiger partial charge is 0.304 e. The lowest BCUT2D eigenvalue weighted by Gasteiger charge is -2.31. The van der Waals surface area contributed by atoms with E-state index in [2.05, 4.69) is 11.8 Å². The molecule has 15 heavy (non-hydrogen) atoms. The third kappa shape index (κ3) is 2.32. The molecule has 2 rings (SSSR count). The van der Waals surface area contributed by atoms with Crippen LogP contribution >= 0.6 is 0 Å². The lowest BCUT2D eigenvalue weighted by Crippen LogP contribution is -2.43. The molecule has 0 bridgehead atoms. The first-order valence-electron chi connectivity index (χ1n) is 5.77. The maximum Gasteiger partial charge on any atom is 0.304 e. The largest absolute Gasteiger partial charge is 0.481 e. The van der Waals surface area contributed by atoms with Crippen molar-refractivity contribution in [2.24, 2.45) is 0 Å². The molecule has 4 heteroatoms. The Morgan fingerprint density at radius 3 is 2.93 bits per heavy atom. The van der Waals surface area contributed by atoms with Crippen molar-refractivity contribution in [2.75, 3.05) is 13.2 Å². The number of rotatable bonds is 3. The SMILES string of the molecule is CC1OCCC1N1CCCC1CC(=O)O. The van der Waals surface area contributed by atoms with Crippen molar-refractivity contribution in [3.8, 4) is 0 Å². The molecule has 2 fully saturated rings. The molecule has 0 aliphatic carbocycles. The van der Waals surface area contributed by atoms with E-state index in [0.717, 1.165) is 32.4 Å². The molecule has 0 spiro atoms. The number of aliphatic carboxylic acids is 1. The van der Waals surface area contributed by atoms with Crippen molar-refractivity contribution in [3.05, 3.63) is 0 Å². The standard InChI is InChI=1S/C11H19NO3/c1-8-10(4-6-15-8)12-5-2-3-9(12)7-11(13)14/h8-10H,2-7H2,1H3,(H,13,14). The third-order valence-corrected chi connectivity index (χ3v) is 3.60. The zero-order valence-electron chi connectivity index (χ0n) is 9.19. The predicted octanol–water partition coefficient (Wildman–Crippen LogP) is 1.10. The summed E-state index contributed by atoms with van der Waals surface area (Å²) in [5, 5.41) is 8.84. The van der Waals surface area contributed by atoms with E-state index in [4.69, 9.17) is 9.84 Å². The Bertz CT molecular complexity index is 244. The quantitative estimate of drug-likeness (QED) is 0.762. The Kier molecular flexibility index (Phi) is 3.26. The van der Waals surface area contributed by atoms with Gasteiger partial charge in [0.2, 0.25) is 0 Å². The maximum absolute atomic E-state index is 10.7. The van der Waals surface area contributed by atoms with Crippen LogP contribution in [0.2, 0.25) is 0 Å². The molecule has 0 saturated carbocycles. The highest BCUT2D eigenvalue weighted by atomic mass is 16.5. The van der Waals surface area contributed by atoms with Gasteiger partial charge in [-0.15, -0.1) is 0 Å². The first-order chi connectivity index (χ1) is 7.18. The number of carboxylic acids is 1. The van der Waals surface area contributed by atoms with Crippen molar-refractivity contribution in [1.29, 1.82) is 0 Å². The van der Waals surface area contributed by atoms with Crippen LogP contribution in [0.25, 0.3) is 0 Å². The molecule has 2 heterocycles. The highest BCUT2D eigenvalue weighted by molar-refractivity contribution is 5.67. The molecule has 2 saturated heterocycles. The number of hydrogen-bond acceptors (Lipinski definition) is 3. The summed E-state index contributed by atoms with van der Waals surface area (Å²) < 4.78 is 5.54. The van der Waals surface area contributed by atoms with Crippen LogP contribution in [0.3, 0.4) is 0 Å². The molecule has 86 valence electrons. The maximum atomic E-state index is 10.7. The van der Waals surface area contributed by atoms with E-state index in [9.17, 15) is 4.79 Å². The van der Waals surface area contributed by atoms with Crippen LogP contribution in [0.4, 0.5) is 0 Å². The number of carboxylic acid groups (broad SMARTS) is 1. The zero-order valence-corrected chi connectivity index (χ0v) is 9.19. The van der Waals surface area contributed by atoms with Crippen LogP contribution in [0.1, 0.15) is 32.6 Å². The van der Waals surface area contributed by atoms with Gasteiger partial charge < -0.3 is 9.84 Å². The number of nitrogens with zero attached hydrogens (tertiary/aromatic N) is 1. The van der Waals surface area contributed by atoms with Gasteiger partial charge in [0.25, 0.3) is 0 Å². The van der Waals surface area contributed by atoms with Gasteiger partial charge in [-0.2, -0.15) is 0 Å². The van der Waals surface area contributed by atoms with E-state index in [0.29, 0.717) is 6.04 Å². The van der Waals surface area contributed by atoms with E-state index >= 15 is 0 Å². The van der Waals surface area contributed by atoms with Gasteiger partial charge in [0.15, 0.2) is 0 Å². The van der Waals surface area contributed by atoms with E-state index in [1.165, 1.54) is 0 Å². The summed E-state index contributed by atoms with van der Waals surface area (Å²) in [5.74, 6) is -0.682. The summed E-state index contributed by atoms with van der Waals surface area (Å²) in [4.78, 5) is 13.1. The van der Waals surface area contributed by atoms with Gasteiger partial charge in [-0.25, -0.2) is 0 Å². The molecule has 4 nitrogen and oxygen atoms in total. The summed E-state index contributed by atoms with van der Waals surface area (Å²) in [6.45, 7) is 3.95. The Hall–Kier alpha value is -0.610. The summed E-state index contributed by atoms with van der Waals surface area (Å²) in [5.41, 5.74) is 0. The minimum Gasteiger partial charge on any atom is -0.481 e. The number of likely N-dealkylation sites (tertiary alicyclic amines) is 1. The molecule has 1 N–H and O–H groups in total. The number of ether oxygens (including phenoxy) is 1. The van der Waals surface area contributed by atoms with Crippen LogP contribution in [-0.2, 0) is 9.53 Å². The molecular formula is C11H19NO3. The third-order valence-electron chi connectivity index (χ3n) is 3.60. The molecule has 3 unspecified atom stereocenters. The molecule has 2 aliphatic heterocycles. The molecule has 0 aromatic rings. The van der Waals surface area contributed by atoms with Gasteiger partial charge >= 0.3 is 5.97 Å². The average Bonchev–Trinajstić information content (AvgIpc) is 2.73. The second-order valence-corrected chi connectivity index (χ2v) is 4.56. The molecule has 2 aliphatic rings. The zero-order chi connectivity index (χ0) is 10.8. The lowest BCUT2D eigenvalue weighted by molar-refractivity contribution is -0.138. The second kappa shape index (κ2) is 4.49. The molecular weight excluding hydrogens is 194 g/mol. The predicted molar refractivity (Wildman–Crippen MR) is 55.8 cm³/mol. The van der Waals surface area contributed by atoms with Gasteiger partial charge in [-0.3, -0.25) is 9.69 Å². The lowest BCUT2D eigenvalue weighted by atomic mass is 10.1. The van der Waals surface area contributed by atoms with Crippen LogP contribution in [-0.4, -0.2) is 47.3 Å². The number of carbonyl (C=O) groups is 1. The average molecular weight is 213 g/mol. The molecule has 0 amide bonds. The summed E-state index contributed by atoms with van der Waals surface area (Å²) in [6, 6.07) is 0.675. The van der Waals surface area contributed by atoms with E-state index in [-0.39, 0.29) is 18.6 Å². The van der Waals surface area contributed by atoms with E-state index < -0.39 is 5.97 Å². The monoisotopic (exact) mass is 213 g/mol. The molecule has 0 aromatic heterocycles. The van der Waals surface area contributed by atoms with Gasteiger partial charge in [-0.05, 0) is 32.7 Å². The first-order valence-corrected chi connectivity index (χ1v) is 5.77. The van der Waals surface area contributed by atoms with Crippen molar-refractivity contribution >= 4 is 5.97 Å². The Labute approximate surface area is 90.2 Å². The minimum absolute atomic E-state index is 0.233. The van der Waals surface area contributed by atoms with Gasteiger partial charge in [-0.1, -0.05) is 0 Å². The fraction of sp³-hybridized carbons (Fsp3) is 0.909. The second-order valence-electron chi connectivity index (χ2n) is 4.56. The Morgan fingerprint density at radius 1 is 1.53 bits per heavy atom. The molecule has 0 radical (unpaired) electrons.